The van der Waals surface area contributed by atoms with Crippen LogP contribution in [-0.2, 0) is 0 Å². The fourth-order valence-corrected chi connectivity index (χ4v) is 2.70. The molecule has 1 heterocycles. The molecule has 0 saturated carbocycles. The lowest BCUT2D eigenvalue weighted by Gasteiger charge is -2.24. The first-order valence-electron chi connectivity index (χ1n) is 7.74. The molecular weight excluding hydrogens is 256 g/mol. The van der Waals surface area contributed by atoms with E-state index in [9.17, 15) is 0 Å². The molecule has 0 aliphatic carbocycles. The van der Waals surface area contributed by atoms with Gasteiger partial charge in [0, 0.05) is 17.5 Å². The number of benzene rings is 2. The van der Waals surface area contributed by atoms with Crippen LogP contribution < -0.4 is 4.74 Å². The topological polar surface area (TPSA) is 9.23 Å². The third-order valence-corrected chi connectivity index (χ3v) is 3.83. The number of fused-ring (bicyclic) bond motifs is 2. The van der Waals surface area contributed by atoms with E-state index in [2.05, 4.69) is 43.0 Å². The summed E-state index contributed by atoms with van der Waals surface area (Å²) in [6.07, 6.45) is 4.67. The Morgan fingerprint density at radius 1 is 0.905 bits per heavy atom. The van der Waals surface area contributed by atoms with Gasteiger partial charge in [0.15, 0.2) is 0 Å². The molecule has 0 atom stereocenters. The molecule has 21 heavy (non-hydrogen) atoms. The Hall–Kier alpha value is -2.20. The zero-order valence-electron chi connectivity index (χ0n) is 12.4. The van der Waals surface area contributed by atoms with Crippen LogP contribution in [0.25, 0.3) is 0 Å². The number of rotatable bonds is 3. The van der Waals surface area contributed by atoms with Gasteiger partial charge in [0.05, 0.1) is 5.92 Å². The predicted molar refractivity (Wildman–Crippen MR) is 86.7 cm³/mol. The molecule has 0 aromatic heterocycles. The van der Waals surface area contributed by atoms with Crippen LogP contribution in [0.4, 0.5) is 0 Å². The van der Waals surface area contributed by atoms with Crippen LogP contribution in [0.15, 0.2) is 48.5 Å². The van der Waals surface area contributed by atoms with Crippen LogP contribution in [0.5, 0.6) is 11.5 Å². The van der Waals surface area contributed by atoms with Gasteiger partial charge >= 0.3 is 0 Å². The van der Waals surface area contributed by atoms with Crippen molar-refractivity contribution >= 4 is 0 Å². The second-order valence-electron chi connectivity index (χ2n) is 5.39. The molecular formula is C20H20O. The lowest BCUT2D eigenvalue weighted by atomic mass is 9.88. The molecule has 1 nitrogen and oxygen atoms in total. The maximum absolute atomic E-state index is 5.98. The molecule has 0 amide bonds. The van der Waals surface area contributed by atoms with Gasteiger partial charge < -0.3 is 4.74 Å². The van der Waals surface area contributed by atoms with Crippen molar-refractivity contribution in [2.24, 2.45) is 0 Å². The summed E-state index contributed by atoms with van der Waals surface area (Å²) in [5.41, 5.74) is 2.36. The van der Waals surface area contributed by atoms with E-state index in [0.29, 0.717) is 0 Å². The van der Waals surface area contributed by atoms with Gasteiger partial charge in [0.1, 0.15) is 11.5 Å². The number of para-hydroxylation sites is 2. The first-order chi connectivity index (χ1) is 10.4. The second kappa shape index (κ2) is 6.50. The fourth-order valence-electron chi connectivity index (χ4n) is 2.70. The van der Waals surface area contributed by atoms with E-state index in [1.165, 1.54) is 30.4 Å². The minimum absolute atomic E-state index is 0.132. The van der Waals surface area contributed by atoms with Crippen LogP contribution in [0.2, 0.25) is 0 Å². The highest BCUT2D eigenvalue weighted by Crippen LogP contribution is 2.43. The van der Waals surface area contributed by atoms with Gasteiger partial charge in [-0.2, -0.15) is 0 Å². The van der Waals surface area contributed by atoms with Crippen LogP contribution >= 0.6 is 0 Å². The van der Waals surface area contributed by atoms with Crippen molar-refractivity contribution < 1.29 is 4.74 Å². The average Bonchev–Trinajstić information content (AvgIpc) is 2.53. The molecule has 1 aliphatic heterocycles. The van der Waals surface area contributed by atoms with E-state index in [1.807, 2.05) is 24.3 Å². The van der Waals surface area contributed by atoms with E-state index < -0.39 is 0 Å². The predicted octanol–water partition coefficient (Wildman–Crippen LogP) is 5.51. The van der Waals surface area contributed by atoms with Gasteiger partial charge in [-0.05, 0) is 18.6 Å². The van der Waals surface area contributed by atoms with Crippen molar-refractivity contribution in [2.75, 3.05) is 0 Å². The van der Waals surface area contributed by atoms with Crippen LogP contribution in [-0.4, -0.2) is 0 Å². The SMILES string of the molecule is CCCCCC#CC1c2ccccc2Oc2ccccc21. The van der Waals surface area contributed by atoms with Gasteiger partial charge in [-0.1, -0.05) is 62.1 Å². The van der Waals surface area contributed by atoms with E-state index in [-0.39, 0.29) is 5.92 Å². The van der Waals surface area contributed by atoms with Crippen molar-refractivity contribution in [2.45, 2.75) is 38.5 Å². The Bertz CT molecular complexity index is 630. The third-order valence-electron chi connectivity index (χ3n) is 3.83. The first kappa shape index (κ1) is 13.8. The number of hydrogen-bond donors (Lipinski definition) is 0. The van der Waals surface area contributed by atoms with Crippen molar-refractivity contribution in [3.05, 3.63) is 59.7 Å². The van der Waals surface area contributed by atoms with E-state index in [0.717, 1.165) is 17.9 Å². The normalized spacial score (nSPS) is 12.6. The lowest BCUT2D eigenvalue weighted by molar-refractivity contribution is 0.455. The maximum atomic E-state index is 5.98. The smallest absolute Gasteiger partial charge is 0.132 e. The van der Waals surface area contributed by atoms with Gasteiger partial charge in [-0.3, -0.25) is 0 Å². The first-order valence-corrected chi connectivity index (χ1v) is 7.74. The Kier molecular flexibility index (Phi) is 4.26. The monoisotopic (exact) mass is 276 g/mol. The van der Waals surface area contributed by atoms with Crippen molar-refractivity contribution in [1.82, 2.24) is 0 Å². The molecule has 2 aromatic rings. The highest BCUT2D eigenvalue weighted by atomic mass is 16.5. The van der Waals surface area contributed by atoms with Gasteiger partial charge in [-0.15, -0.1) is 5.92 Å². The summed E-state index contributed by atoms with van der Waals surface area (Å²) >= 11 is 0. The minimum Gasteiger partial charge on any atom is -0.457 e. The summed E-state index contributed by atoms with van der Waals surface area (Å²) in [6, 6.07) is 16.4. The third kappa shape index (κ3) is 2.95. The zero-order chi connectivity index (χ0) is 14.5. The summed E-state index contributed by atoms with van der Waals surface area (Å²) in [4.78, 5) is 0. The molecule has 0 N–H and O–H groups in total. The Morgan fingerprint density at radius 3 is 2.14 bits per heavy atom. The fraction of sp³-hybridized carbons (Fsp3) is 0.300. The van der Waals surface area contributed by atoms with E-state index in [1.54, 1.807) is 0 Å². The van der Waals surface area contributed by atoms with Crippen molar-refractivity contribution in [1.29, 1.82) is 0 Å². The van der Waals surface area contributed by atoms with Crippen LogP contribution in [0.3, 0.4) is 0 Å². The van der Waals surface area contributed by atoms with Gasteiger partial charge in [-0.25, -0.2) is 0 Å². The summed E-state index contributed by atoms with van der Waals surface area (Å²) in [5, 5.41) is 0. The highest BCUT2D eigenvalue weighted by molar-refractivity contribution is 5.57. The van der Waals surface area contributed by atoms with E-state index >= 15 is 0 Å². The molecule has 0 bridgehead atoms. The average molecular weight is 276 g/mol. The highest BCUT2D eigenvalue weighted by Gasteiger charge is 2.24. The Morgan fingerprint density at radius 2 is 1.52 bits per heavy atom. The Labute approximate surface area is 127 Å². The molecule has 0 unspecified atom stereocenters. The molecule has 1 aliphatic rings. The van der Waals surface area contributed by atoms with Crippen LogP contribution in [0, 0.1) is 11.8 Å². The number of hydrogen-bond acceptors (Lipinski definition) is 1. The molecule has 0 radical (unpaired) electrons. The minimum atomic E-state index is 0.132. The molecule has 2 aromatic carbocycles. The molecule has 0 saturated heterocycles. The zero-order valence-corrected chi connectivity index (χ0v) is 12.4. The number of unbranched alkanes of at least 4 members (excludes halogenated alkanes) is 3. The number of ether oxygens (including phenoxy) is 1. The molecule has 1 heteroatoms. The van der Waals surface area contributed by atoms with E-state index in [4.69, 9.17) is 4.74 Å². The Balaban J connectivity index is 1.91. The molecule has 106 valence electrons. The van der Waals surface area contributed by atoms with Crippen LogP contribution in [0.1, 0.15) is 49.7 Å². The summed E-state index contributed by atoms with van der Waals surface area (Å²) in [7, 11) is 0. The maximum Gasteiger partial charge on any atom is 0.132 e. The second-order valence-corrected chi connectivity index (χ2v) is 5.39. The van der Waals surface area contributed by atoms with Crippen molar-refractivity contribution in [3.63, 3.8) is 0 Å². The summed E-state index contributed by atoms with van der Waals surface area (Å²) in [6.45, 7) is 2.22. The lowest BCUT2D eigenvalue weighted by Crippen LogP contribution is -2.08. The largest absolute Gasteiger partial charge is 0.457 e. The molecule has 0 spiro atoms. The quantitative estimate of drug-likeness (QED) is 0.530. The molecule has 3 rings (SSSR count). The van der Waals surface area contributed by atoms with Crippen molar-refractivity contribution in [3.8, 4) is 23.3 Å². The summed E-state index contributed by atoms with van der Waals surface area (Å²) < 4.78 is 5.98. The van der Waals surface area contributed by atoms with Gasteiger partial charge in [0.25, 0.3) is 0 Å². The molecule has 0 fully saturated rings. The standard InChI is InChI=1S/C20H20O/c1-2-3-4-5-6-11-16-17-12-7-9-14-19(17)21-20-15-10-8-13-18(16)20/h7-10,12-16H,2-5H2,1H3. The summed E-state index contributed by atoms with van der Waals surface area (Å²) in [5.74, 6) is 8.83. The van der Waals surface area contributed by atoms with Gasteiger partial charge in [0.2, 0.25) is 0 Å².